The van der Waals surface area contributed by atoms with E-state index in [1.54, 1.807) is 0 Å². The summed E-state index contributed by atoms with van der Waals surface area (Å²) >= 11 is 0. The lowest BCUT2D eigenvalue weighted by Gasteiger charge is -2.56. The molecule has 0 fully saturated rings. The summed E-state index contributed by atoms with van der Waals surface area (Å²) in [6, 6.07) is 28.4. The van der Waals surface area contributed by atoms with E-state index in [9.17, 15) is 13.2 Å². The van der Waals surface area contributed by atoms with Crippen LogP contribution in [0.3, 0.4) is 0 Å². The van der Waals surface area contributed by atoms with Gasteiger partial charge in [-0.1, -0.05) is 94.4 Å². The van der Waals surface area contributed by atoms with Crippen LogP contribution in [0.25, 0.3) is 11.1 Å². The number of rotatable bonds is 2. The van der Waals surface area contributed by atoms with E-state index in [4.69, 9.17) is 0 Å². The fourth-order valence-corrected chi connectivity index (χ4v) is 5.90. The summed E-state index contributed by atoms with van der Waals surface area (Å²) in [7, 11) is 0. The maximum Gasteiger partial charge on any atom is 0.433 e. The van der Waals surface area contributed by atoms with E-state index in [-0.39, 0.29) is 17.0 Å². The fraction of sp³-hybridized carbons (Fsp3) is 0.258. The van der Waals surface area contributed by atoms with Crippen LogP contribution in [-0.2, 0) is 11.6 Å². The minimum Gasteiger partial charge on any atom is -0.316 e. The van der Waals surface area contributed by atoms with E-state index in [2.05, 4.69) is 43.6 Å². The lowest BCUT2D eigenvalue weighted by Crippen LogP contribution is -2.60. The second-order valence-corrected chi connectivity index (χ2v) is 10.9. The van der Waals surface area contributed by atoms with E-state index >= 15 is 0 Å². The number of nitrogens with zero attached hydrogens (tertiary/aromatic N) is 3. The largest absolute Gasteiger partial charge is 0.433 e. The maximum atomic E-state index is 14.3. The number of aromatic nitrogens is 1. The van der Waals surface area contributed by atoms with Crippen LogP contribution in [0.5, 0.6) is 0 Å². The van der Waals surface area contributed by atoms with Crippen molar-refractivity contribution in [1.82, 2.24) is 4.98 Å². The molecule has 0 amide bonds. The van der Waals surface area contributed by atoms with Crippen molar-refractivity contribution in [1.29, 1.82) is 0 Å². The number of halogens is 3. The van der Waals surface area contributed by atoms with Gasteiger partial charge in [0.2, 0.25) is 0 Å². The summed E-state index contributed by atoms with van der Waals surface area (Å²) in [6.07, 6.45) is -4.88. The molecule has 4 aromatic rings. The first-order chi connectivity index (χ1) is 17.5. The SMILES string of the molecule is CC1(C)c2ccccc2N2c3nc(C(F)(F)F)cc(-c4ccccc4)c3N(c3ccccc3)C2C1(C)C. The second-order valence-electron chi connectivity index (χ2n) is 10.9. The summed E-state index contributed by atoms with van der Waals surface area (Å²) in [5, 5.41) is 0. The first-order valence-electron chi connectivity index (χ1n) is 12.4. The van der Waals surface area contributed by atoms with Gasteiger partial charge in [0.15, 0.2) is 5.82 Å². The molecule has 188 valence electrons. The zero-order chi connectivity index (χ0) is 26.2. The summed E-state index contributed by atoms with van der Waals surface area (Å²) in [5.74, 6) is 0.332. The maximum absolute atomic E-state index is 14.3. The number of pyridine rings is 1. The Morgan fingerprint density at radius 3 is 2.00 bits per heavy atom. The Hall–Kier alpha value is -3.80. The van der Waals surface area contributed by atoms with Gasteiger partial charge in [0.1, 0.15) is 11.9 Å². The van der Waals surface area contributed by atoms with Gasteiger partial charge in [-0.05, 0) is 35.4 Å². The van der Waals surface area contributed by atoms with Crippen LogP contribution < -0.4 is 9.80 Å². The predicted molar refractivity (Wildman–Crippen MR) is 142 cm³/mol. The molecule has 0 saturated heterocycles. The molecule has 6 heteroatoms. The third-order valence-electron chi connectivity index (χ3n) is 8.44. The summed E-state index contributed by atoms with van der Waals surface area (Å²) in [5.41, 5.74) is 3.28. The predicted octanol–water partition coefficient (Wildman–Crippen LogP) is 8.70. The average Bonchev–Trinajstić information content (AvgIpc) is 3.24. The van der Waals surface area contributed by atoms with Gasteiger partial charge in [-0.25, -0.2) is 4.98 Å². The van der Waals surface area contributed by atoms with E-state index in [0.717, 1.165) is 22.5 Å². The molecule has 1 aromatic heterocycles. The monoisotopic (exact) mass is 499 g/mol. The highest BCUT2D eigenvalue weighted by molar-refractivity contribution is 5.97. The van der Waals surface area contributed by atoms with Gasteiger partial charge in [0.25, 0.3) is 0 Å². The Labute approximate surface area is 215 Å². The number of para-hydroxylation sites is 2. The molecule has 37 heavy (non-hydrogen) atoms. The highest BCUT2D eigenvalue weighted by Crippen LogP contribution is 2.63. The second kappa shape index (κ2) is 7.85. The molecule has 1 atom stereocenters. The highest BCUT2D eigenvalue weighted by atomic mass is 19.4. The minimum atomic E-state index is -4.59. The Balaban J connectivity index is 1.76. The quantitative estimate of drug-likeness (QED) is 0.275. The number of hydrogen-bond acceptors (Lipinski definition) is 3. The fourth-order valence-electron chi connectivity index (χ4n) is 5.90. The van der Waals surface area contributed by atoms with E-state index in [0.29, 0.717) is 17.1 Å². The lowest BCUT2D eigenvalue weighted by atomic mass is 9.59. The molecule has 3 aromatic carbocycles. The van der Waals surface area contributed by atoms with E-state index in [1.807, 2.05) is 83.8 Å². The standard InChI is InChI=1S/C31H28F3N3/c1-29(2)23-17-11-12-18-24(23)37-27-26(36(28(37)30(29,3)4)21-15-9-6-10-16-21)22(20-13-7-5-8-14-20)19-25(35-27)31(32,33)34/h5-19,28H,1-4H3. The molecule has 0 spiro atoms. The van der Waals surface area contributed by atoms with Crippen LogP contribution in [0, 0.1) is 5.41 Å². The molecule has 0 aliphatic carbocycles. The Bertz CT molecular complexity index is 1480. The van der Waals surface area contributed by atoms with Gasteiger partial charge in [0.05, 0.1) is 5.69 Å². The number of fused-ring (bicyclic) bond motifs is 5. The zero-order valence-electron chi connectivity index (χ0n) is 21.2. The van der Waals surface area contributed by atoms with Gasteiger partial charge < -0.3 is 9.80 Å². The van der Waals surface area contributed by atoms with Crippen molar-refractivity contribution >= 4 is 22.9 Å². The van der Waals surface area contributed by atoms with Crippen LogP contribution >= 0.6 is 0 Å². The van der Waals surface area contributed by atoms with E-state index < -0.39 is 11.9 Å². The Kier molecular flexibility index (Phi) is 5.00. The summed E-state index contributed by atoms with van der Waals surface area (Å²) < 4.78 is 42.8. The molecular weight excluding hydrogens is 471 g/mol. The number of hydrogen-bond donors (Lipinski definition) is 0. The topological polar surface area (TPSA) is 19.4 Å². The van der Waals surface area contributed by atoms with Crippen LogP contribution in [0.1, 0.15) is 39.0 Å². The molecule has 6 rings (SSSR count). The Morgan fingerprint density at radius 2 is 1.35 bits per heavy atom. The zero-order valence-corrected chi connectivity index (χ0v) is 21.2. The van der Waals surface area contributed by atoms with Crippen LogP contribution in [0.15, 0.2) is 91.0 Å². The smallest absolute Gasteiger partial charge is 0.316 e. The average molecular weight is 500 g/mol. The first kappa shape index (κ1) is 23.6. The van der Waals surface area contributed by atoms with Gasteiger partial charge in [0, 0.05) is 27.8 Å². The molecular formula is C31H28F3N3. The molecule has 0 saturated carbocycles. The number of benzene rings is 3. The van der Waals surface area contributed by atoms with Crippen LogP contribution in [-0.4, -0.2) is 11.1 Å². The summed E-state index contributed by atoms with van der Waals surface area (Å²) in [4.78, 5) is 8.57. The van der Waals surface area contributed by atoms with Gasteiger partial charge in [-0.15, -0.1) is 0 Å². The van der Waals surface area contributed by atoms with Crippen LogP contribution in [0.2, 0.25) is 0 Å². The highest BCUT2D eigenvalue weighted by Gasteiger charge is 2.59. The molecule has 3 nitrogen and oxygen atoms in total. The van der Waals surface area contributed by atoms with Gasteiger partial charge >= 0.3 is 6.18 Å². The summed E-state index contributed by atoms with van der Waals surface area (Å²) in [6.45, 7) is 8.86. The van der Waals surface area contributed by atoms with Crippen molar-refractivity contribution in [2.75, 3.05) is 9.80 Å². The van der Waals surface area contributed by atoms with Crippen molar-refractivity contribution < 1.29 is 13.2 Å². The van der Waals surface area contributed by atoms with Crippen LogP contribution in [0.4, 0.5) is 36.1 Å². The minimum absolute atomic E-state index is 0.278. The molecule has 0 N–H and O–H groups in total. The number of anilines is 4. The lowest BCUT2D eigenvalue weighted by molar-refractivity contribution is -0.141. The van der Waals surface area contributed by atoms with E-state index in [1.165, 1.54) is 6.07 Å². The Morgan fingerprint density at radius 1 is 0.757 bits per heavy atom. The molecule has 3 heterocycles. The van der Waals surface area contributed by atoms with Crippen molar-refractivity contribution in [2.45, 2.75) is 45.5 Å². The third kappa shape index (κ3) is 3.31. The molecule has 0 radical (unpaired) electrons. The van der Waals surface area contributed by atoms with Gasteiger partial charge in [-0.2, -0.15) is 13.2 Å². The molecule has 2 aliphatic rings. The van der Waals surface area contributed by atoms with Gasteiger partial charge in [-0.3, -0.25) is 0 Å². The first-order valence-corrected chi connectivity index (χ1v) is 12.4. The van der Waals surface area contributed by atoms with Crippen molar-refractivity contribution in [2.24, 2.45) is 5.41 Å². The molecule has 0 bridgehead atoms. The normalized spacial score (nSPS) is 19.3. The van der Waals surface area contributed by atoms with Crippen molar-refractivity contribution in [3.8, 4) is 11.1 Å². The molecule has 1 unspecified atom stereocenters. The van der Waals surface area contributed by atoms with Crippen molar-refractivity contribution in [3.05, 3.63) is 102 Å². The molecule has 2 aliphatic heterocycles. The number of alkyl halides is 3. The van der Waals surface area contributed by atoms with Crippen molar-refractivity contribution in [3.63, 3.8) is 0 Å². The third-order valence-corrected chi connectivity index (χ3v) is 8.44.